The van der Waals surface area contributed by atoms with Crippen LogP contribution in [0.15, 0.2) is 27.9 Å². The van der Waals surface area contributed by atoms with E-state index < -0.39 is 0 Å². The standard InChI is InChI=1S/C11H15BrN4O/c1-17-3-2-16-10(7-15-11(16)13)8-4-9(12)6-14-5-8/h4-6,10H,2-3,7H2,1H3,(H2,13,15). The van der Waals surface area contributed by atoms with E-state index in [0.29, 0.717) is 19.1 Å². The fourth-order valence-electron chi connectivity index (χ4n) is 1.88. The van der Waals surface area contributed by atoms with E-state index in [0.717, 1.165) is 16.6 Å². The summed E-state index contributed by atoms with van der Waals surface area (Å²) in [6.45, 7) is 2.05. The Morgan fingerprint density at radius 3 is 3.12 bits per heavy atom. The fraction of sp³-hybridized carbons (Fsp3) is 0.455. The van der Waals surface area contributed by atoms with Crippen LogP contribution in [0.1, 0.15) is 11.6 Å². The average molecular weight is 299 g/mol. The molecule has 0 fully saturated rings. The second kappa shape index (κ2) is 5.46. The molecule has 2 N–H and O–H groups in total. The quantitative estimate of drug-likeness (QED) is 0.906. The minimum absolute atomic E-state index is 0.162. The van der Waals surface area contributed by atoms with Gasteiger partial charge in [0, 0.05) is 30.5 Å². The first kappa shape index (κ1) is 12.3. The molecule has 0 saturated carbocycles. The highest BCUT2D eigenvalue weighted by Crippen LogP contribution is 2.26. The fourth-order valence-corrected chi connectivity index (χ4v) is 2.27. The van der Waals surface area contributed by atoms with Crippen LogP contribution < -0.4 is 5.73 Å². The molecule has 1 aromatic heterocycles. The smallest absolute Gasteiger partial charge is 0.192 e. The van der Waals surface area contributed by atoms with Crippen LogP contribution in [0, 0.1) is 0 Å². The minimum Gasteiger partial charge on any atom is -0.383 e. The van der Waals surface area contributed by atoms with Crippen LogP contribution in [0.4, 0.5) is 0 Å². The van der Waals surface area contributed by atoms with Gasteiger partial charge in [-0.05, 0) is 27.6 Å². The molecule has 0 radical (unpaired) electrons. The molecule has 6 heteroatoms. The Morgan fingerprint density at radius 2 is 2.41 bits per heavy atom. The molecule has 0 aliphatic carbocycles. The molecule has 1 atom stereocenters. The molecule has 1 aliphatic rings. The summed E-state index contributed by atoms with van der Waals surface area (Å²) in [5, 5.41) is 0. The van der Waals surface area contributed by atoms with Crippen LogP contribution in [-0.4, -0.2) is 42.6 Å². The highest BCUT2D eigenvalue weighted by atomic mass is 79.9. The zero-order valence-electron chi connectivity index (χ0n) is 9.64. The van der Waals surface area contributed by atoms with E-state index >= 15 is 0 Å². The number of aliphatic imine (C=N–C) groups is 1. The number of methoxy groups -OCH3 is 1. The van der Waals surface area contributed by atoms with Crippen molar-refractivity contribution in [2.75, 3.05) is 26.8 Å². The van der Waals surface area contributed by atoms with Gasteiger partial charge in [0.15, 0.2) is 5.96 Å². The van der Waals surface area contributed by atoms with Crippen molar-refractivity contribution in [1.82, 2.24) is 9.88 Å². The number of aromatic nitrogens is 1. The van der Waals surface area contributed by atoms with E-state index in [1.54, 1.807) is 13.3 Å². The third kappa shape index (κ3) is 2.76. The molecule has 0 aromatic carbocycles. The predicted octanol–water partition coefficient (Wildman–Crippen LogP) is 1.16. The van der Waals surface area contributed by atoms with Crippen molar-refractivity contribution in [1.29, 1.82) is 0 Å². The number of hydrogen-bond acceptors (Lipinski definition) is 5. The molecule has 2 rings (SSSR count). The third-order valence-electron chi connectivity index (χ3n) is 2.74. The second-order valence-electron chi connectivity index (χ2n) is 3.84. The van der Waals surface area contributed by atoms with Gasteiger partial charge in [-0.3, -0.25) is 9.98 Å². The van der Waals surface area contributed by atoms with Crippen molar-refractivity contribution in [3.05, 3.63) is 28.5 Å². The van der Waals surface area contributed by atoms with Gasteiger partial charge in [-0.15, -0.1) is 0 Å². The Balaban J connectivity index is 2.15. The number of ether oxygens (including phenoxy) is 1. The van der Waals surface area contributed by atoms with Crippen LogP contribution in [0.25, 0.3) is 0 Å². The summed E-state index contributed by atoms with van der Waals surface area (Å²) >= 11 is 3.42. The van der Waals surface area contributed by atoms with Gasteiger partial charge in [0.25, 0.3) is 0 Å². The van der Waals surface area contributed by atoms with Crippen LogP contribution >= 0.6 is 15.9 Å². The summed E-state index contributed by atoms with van der Waals surface area (Å²) in [5.41, 5.74) is 6.98. The highest BCUT2D eigenvalue weighted by Gasteiger charge is 2.27. The normalized spacial score (nSPS) is 19.5. The SMILES string of the molecule is COCCN1C(N)=NCC1c1cncc(Br)c1. The van der Waals surface area contributed by atoms with Gasteiger partial charge in [0.2, 0.25) is 0 Å². The summed E-state index contributed by atoms with van der Waals surface area (Å²) in [5.74, 6) is 0.576. The lowest BCUT2D eigenvalue weighted by Gasteiger charge is -2.26. The minimum atomic E-state index is 0.162. The van der Waals surface area contributed by atoms with E-state index in [1.807, 2.05) is 17.2 Å². The van der Waals surface area contributed by atoms with Crippen molar-refractivity contribution in [2.45, 2.75) is 6.04 Å². The molecule has 2 heterocycles. The Hall–Kier alpha value is -1.14. The number of hydrogen-bond donors (Lipinski definition) is 1. The Labute approximate surface area is 109 Å². The number of rotatable bonds is 4. The predicted molar refractivity (Wildman–Crippen MR) is 69.7 cm³/mol. The van der Waals surface area contributed by atoms with Crippen molar-refractivity contribution in [2.24, 2.45) is 10.7 Å². The molecule has 0 spiro atoms. The molecule has 1 aliphatic heterocycles. The molecule has 1 unspecified atom stereocenters. The van der Waals surface area contributed by atoms with Crippen LogP contribution in [-0.2, 0) is 4.74 Å². The molecule has 0 bridgehead atoms. The Kier molecular flexibility index (Phi) is 3.96. The largest absolute Gasteiger partial charge is 0.383 e. The zero-order valence-corrected chi connectivity index (χ0v) is 11.2. The topological polar surface area (TPSA) is 63.7 Å². The summed E-state index contributed by atoms with van der Waals surface area (Å²) < 4.78 is 6.05. The molecular weight excluding hydrogens is 284 g/mol. The van der Waals surface area contributed by atoms with Gasteiger partial charge in [-0.1, -0.05) is 0 Å². The summed E-state index contributed by atoms with van der Waals surface area (Å²) in [6, 6.07) is 2.21. The maximum absolute atomic E-state index is 5.87. The summed E-state index contributed by atoms with van der Waals surface area (Å²) in [6.07, 6.45) is 3.62. The monoisotopic (exact) mass is 298 g/mol. The maximum Gasteiger partial charge on any atom is 0.192 e. The van der Waals surface area contributed by atoms with E-state index in [9.17, 15) is 0 Å². The van der Waals surface area contributed by atoms with Gasteiger partial charge in [-0.2, -0.15) is 0 Å². The molecule has 5 nitrogen and oxygen atoms in total. The molecule has 0 amide bonds. The van der Waals surface area contributed by atoms with Gasteiger partial charge in [-0.25, -0.2) is 0 Å². The summed E-state index contributed by atoms with van der Waals surface area (Å²) in [4.78, 5) is 10.5. The molecule has 92 valence electrons. The first-order chi connectivity index (χ1) is 8.22. The van der Waals surface area contributed by atoms with Crippen molar-refractivity contribution >= 4 is 21.9 Å². The van der Waals surface area contributed by atoms with Gasteiger partial charge < -0.3 is 15.4 Å². The first-order valence-corrected chi connectivity index (χ1v) is 6.17. The molecule has 1 aromatic rings. The van der Waals surface area contributed by atoms with Gasteiger partial charge in [0.05, 0.1) is 19.2 Å². The third-order valence-corrected chi connectivity index (χ3v) is 3.18. The van der Waals surface area contributed by atoms with Crippen molar-refractivity contribution in [3.8, 4) is 0 Å². The number of guanidine groups is 1. The molecule has 0 saturated heterocycles. The van der Waals surface area contributed by atoms with Crippen molar-refractivity contribution < 1.29 is 4.74 Å². The average Bonchev–Trinajstić information content (AvgIpc) is 2.68. The van der Waals surface area contributed by atoms with E-state index in [1.165, 1.54) is 0 Å². The van der Waals surface area contributed by atoms with Gasteiger partial charge in [0.1, 0.15) is 0 Å². The lowest BCUT2D eigenvalue weighted by Crippen LogP contribution is -2.38. The maximum atomic E-state index is 5.87. The lowest BCUT2D eigenvalue weighted by atomic mass is 10.1. The van der Waals surface area contributed by atoms with E-state index in [4.69, 9.17) is 10.5 Å². The zero-order chi connectivity index (χ0) is 12.3. The van der Waals surface area contributed by atoms with E-state index in [2.05, 4.69) is 25.9 Å². The van der Waals surface area contributed by atoms with Crippen LogP contribution in [0.2, 0.25) is 0 Å². The first-order valence-electron chi connectivity index (χ1n) is 5.38. The highest BCUT2D eigenvalue weighted by molar-refractivity contribution is 9.10. The van der Waals surface area contributed by atoms with Crippen LogP contribution in [0.5, 0.6) is 0 Å². The molecular formula is C11H15BrN4O. The molecule has 17 heavy (non-hydrogen) atoms. The summed E-state index contributed by atoms with van der Waals surface area (Å²) in [7, 11) is 1.68. The lowest BCUT2D eigenvalue weighted by molar-refractivity contribution is 0.166. The van der Waals surface area contributed by atoms with Crippen LogP contribution in [0.3, 0.4) is 0 Å². The van der Waals surface area contributed by atoms with Gasteiger partial charge >= 0.3 is 0 Å². The van der Waals surface area contributed by atoms with E-state index in [-0.39, 0.29) is 6.04 Å². The van der Waals surface area contributed by atoms with Crippen molar-refractivity contribution in [3.63, 3.8) is 0 Å². The Morgan fingerprint density at radius 1 is 1.59 bits per heavy atom. The number of halogens is 1. The number of nitrogens with zero attached hydrogens (tertiary/aromatic N) is 3. The second-order valence-corrected chi connectivity index (χ2v) is 4.75. The number of pyridine rings is 1. The Bertz CT molecular complexity index is 424. The number of nitrogens with two attached hydrogens (primary N) is 1.